The Hall–Kier alpha value is -1.06. The van der Waals surface area contributed by atoms with Gasteiger partial charge in [-0.1, -0.05) is 19.1 Å². The Morgan fingerprint density at radius 2 is 2.28 bits per heavy atom. The molecule has 0 saturated carbocycles. The summed E-state index contributed by atoms with van der Waals surface area (Å²) in [5.41, 5.74) is 2.84. The molecule has 1 fully saturated rings. The van der Waals surface area contributed by atoms with Crippen molar-refractivity contribution in [2.45, 2.75) is 25.8 Å². The molecule has 0 spiro atoms. The lowest BCUT2D eigenvalue weighted by Crippen LogP contribution is -2.57. The largest absolute Gasteiger partial charge is 0.493 e. The van der Waals surface area contributed by atoms with Gasteiger partial charge < -0.3 is 10.1 Å². The Morgan fingerprint density at radius 3 is 3.00 bits per heavy atom. The molecule has 2 aliphatic heterocycles. The van der Waals surface area contributed by atoms with Crippen molar-refractivity contribution in [1.82, 2.24) is 10.2 Å². The van der Waals surface area contributed by atoms with Crippen LogP contribution in [0.15, 0.2) is 18.2 Å². The maximum atomic E-state index is 5.55. The molecule has 0 atom stereocenters. The molecule has 3 nitrogen and oxygen atoms in total. The second-order valence-electron chi connectivity index (χ2n) is 5.23. The molecule has 1 aromatic carbocycles. The van der Waals surface area contributed by atoms with Crippen molar-refractivity contribution in [3.05, 3.63) is 29.3 Å². The summed E-state index contributed by atoms with van der Waals surface area (Å²) in [7, 11) is 0. The van der Waals surface area contributed by atoms with Crippen molar-refractivity contribution in [2.75, 3.05) is 32.8 Å². The molecule has 98 valence electrons. The van der Waals surface area contributed by atoms with E-state index < -0.39 is 0 Å². The Kier molecular flexibility index (Phi) is 3.52. The number of rotatable bonds is 5. The third kappa shape index (κ3) is 2.38. The molecule has 1 aromatic rings. The van der Waals surface area contributed by atoms with Crippen LogP contribution in [0.5, 0.6) is 5.75 Å². The van der Waals surface area contributed by atoms with Gasteiger partial charge in [-0.2, -0.15) is 0 Å². The summed E-state index contributed by atoms with van der Waals surface area (Å²) in [5.74, 6) is 1.09. The fourth-order valence-corrected chi connectivity index (χ4v) is 2.80. The summed E-state index contributed by atoms with van der Waals surface area (Å²) in [5, 5.41) is 3.35. The zero-order valence-electron chi connectivity index (χ0n) is 11.1. The zero-order chi connectivity index (χ0) is 12.4. The number of likely N-dealkylation sites (N-methyl/N-ethyl adjacent to an activating group) is 1. The van der Waals surface area contributed by atoms with Gasteiger partial charge in [0.05, 0.1) is 6.61 Å². The van der Waals surface area contributed by atoms with Crippen molar-refractivity contribution in [3.63, 3.8) is 0 Å². The van der Waals surface area contributed by atoms with Gasteiger partial charge in [-0.05, 0) is 30.2 Å². The first-order valence-electron chi connectivity index (χ1n) is 7.06. The maximum Gasteiger partial charge on any atom is 0.122 e. The Labute approximate surface area is 109 Å². The average molecular weight is 246 g/mol. The molecular weight excluding hydrogens is 224 g/mol. The second-order valence-corrected chi connectivity index (χ2v) is 5.23. The summed E-state index contributed by atoms with van der Waals surface area (Å²) in [6.07, 6.45) is 2.23. The third-order valence-electron chi connectivity index (χ3n) is 4.12. The van der Waals surface area contributed by atoms with E-state index in [2.05, 4.69) is 35.3 Å². The number of nitrogens with zero attached hydrogens (tertiary/aromatic N) is 1. The number of benzene rings is 1. The highest BCUT2D eigenvalue weighted by Gasteiger charge is 2.22. The molecule has 2 heterocycles. The highest BCUT2D eigenvalue weighted by Crippen LogP contribution is 2.26. The first-order valence-corrected chi connectivity index (χ1v) is 7.06. The molecule has 0 radical (unpaired) electrons. The molecule has 18 heavy (non-hydrogen) atoms. The van der Waals surface area contributed by atoms with Crippen LogP contribution in [0.1, 0.15) is 18.1 Å². The smallest absolute Gasteiger partial charge is 0.122 e. The number of hydrogen-bond donors (Lipinski definition) is 1. The van der Waals surface area contributed by atoms with Crippen LogP contribution in [0, 0.1) is 0 Å². The summed E-state index contributed by atoms with van der Waals surface area (Å²) in [6.45, 7) is 7.75. The predicted molar refractivity (Wildman–Crippen MR) is 73.2 cm³/mol. The fraction of sp³-hybridized carbons (Fsp3) is 0.600. The average Bonchev–Trinajstić information content (AvgIpc) is 2.79. The minimum Gasteiger partial charge on any atom is -0.493 e. The minimum absolute atomic E-state index is 0.757. The lowest BCUT2D eigenvalue weighted by atomic mass is 10.0. The van der Waals surface area contributed by atoms with Gasteiger partial charge in [0.1, 0.15) is 5.75 Å². The first kappa shape index (κ1) is 12.0. The fourth-order valence-electron chi connectivity index (χ4n) is 2.80. The molecule has 3 heteroatoms. The van der Waals surface area contributed by atoms with Crippen LogP contribution in [0.3, 0.4) is 0 Å². The molecule has 2 aliphatic rings. The second kappa shape index (κ2) is 5.29. The highest BCUT2D eigenvalue weighted by molar-refractivity contribution is 5.39. The molecule has 0 aromatic heterocycles. The molecular formula is C15H22N2O. The topological polar surface area (TPSA) is 24.5 Å². The van der Waals surface area contributed by atoms with Crippen molar-refractivity contribution >= 4 is 0 Å². The van der Waals surface area contributed by atoms with E-state index in [4.69, 9.17) is 4.74 Å². The van der Waals surface area contributed by atoms with Crippen molar-refractivity contribution in [3.8, 4) is 5.75 Å². The minimum atomic E-state index is 0.757. The van der Waals surface area contributed by atoms with E-state index in [0.717, 1.165) is 50.9 Å². The van der Waals surface area contributed by atoms with Gasteiger partial charge in [0.15, 0.2) is 0 Å². The van der Waals surface area contributed by atoms with E-state index in [1.807, 2.05) is 0 Å². The SMILES string of the molecule is CCN(CCc1ccc2c(c1)CCO2)C1CNC1. The molecule has 0 aliphatic carbocycles. The Balaban J connectivity index is 1.58. The number of hydrogen-bond acceptors (Lipinski definition) is 3. The van der Waals surface area contributed by atoms with Gasteiger partial charge in [0.2, 0.25) is 0 Å². The number of ether oxygens (including phenoxy) is 1. The van der Waals surface area contributed by atoms with Gasteiger partial charge in [0.25, 0.3) is 0 Å². The molecule has 0 unspecified atom stereocenters. The summed E-state index contributed by atoms with van der Waals surface area (Å²) >= 11 is 0. The predicted octanol–water partition coefficient (Wildman–Crippen LogP) is 1.46. The molecule has 0 bridgehead atoms. The first-order chi connectivity index (χ1) is 8.86. The van der Waals surface area contributed by atoms with Gasteiger partial charge in [-0.3, -0.25) is 4.90 Å². The lowest BCUT2D eigenvalue weighted by molar-refractivity contribution is 0.154. The normalized spacial score (nSPS) is 18.6. The molecule has 3 rings (SSSR count). The highest BCUT2D eigenvalue weighted by atomic mass is 16.5. The van der Waals surface area contributed by atoms with E-state index in [1.165, 1.54) is 17.7 Å². The maximum absolute atomic E-state index is 5.55. The number of nitrogens with one attached hydrogen (secondary N) is 1. The van der Waals surface area contributed by atoms with E-state index in [1.54, 1.807) is 0 Å². The van der Waals surface area contributed by atoms with E-state index in [-0.39, 0.29) is 0 Å². The van der Waals surface area contributed by atoms with Crippen LogP contribution in [-0.4, -0.2) is 43.7 Å². The van der Waals surface area contributed by atoms with Crippen LogP contribution < -0.4 is 10.1 Å². The van der Waals surface area contributed by atoms with Crippen molar-refractivity contribution in [2.24, 2.45) is 0 Å². The van der Waals surface area contributed by atoms with Gasteiger partial charge in [-0.25, -0.2) is 0 Å². The van der Waals surface area contributed by atoms with Crippen molar-refractivity contribution < 1.29 is 4.74 Å². The summed E-state index contributed by atoms with van der Waals surface area (Å²) < 4.78 is 5.55. The van der Waals surface area contributed by atoms with Gasteiger partial charge in [-0.15, -0.1) is 0 Å². The van der Waals surface area contributed by atoms with Crippen LogP contribution in [0.4, 0.5) is 0 Å². The summed E-state index contributed by atoms with van der Waals surface area (Å²) in [4.78, 5) is 2.58. The zero-order valence-corrected chi connectivity index (χ0v) is 11.1. The van der Waals surface area contributed by atoms with Crippen LogP contribution in [0.2, 0.25) is 0 Å². The van der Waals surface area contributed by atoms with Gasteiger partial charge in [0, 0.05) is 32.1 Å². The van der Waals surface area contributed by atoms with Crippen molar-refractivity contribution in [1.29, 1.82) is 0 Å². The molecule has 1 N–H and O–H groups in total. The Morgan fingerprint density at radius 1 is 1.39 bits per heavy atom. The van der Waals surface area contributed by atoms with E-state index in [9.17, 15) is 0 Å². The van der Waals surface area contributed by atoms with E-state index >= 15 is 0 Å². The monoisotopic (exact) mass is 246 g/mol. The summed E-state index contributed by atoms with van der Waals surface area (Å²) in [6, 6.07) is 7.44. The standard InChI is InChI=1S/C15H22N2O/c1-2-17(14-10-16-11-14)7-5-12-3-4-15-13(9-12)6-8-18-15/h3-4,9,14,16H,2,5-8,10-11H2,1H3. The molecule has 1 saturated heterocycles. The van der Waals surface area contributed by atoms with Gasteiger partial charge >= 0.3 is 0 Å². The Bertz CT molecular complexity index is 415. The quantitative estimate of drug-likeness (QED) is 0.851. The van der Waals surface area contributed by atoms with Crippen LogP contribution in [0.25, 0.3) is 0 Å². The van der Waals surface area contributed by atoms with Crippen LogP contribution >= 0.6 is 0 Å². The number of fused-ring (bicyclic) bond motifs is 1. The third-order valence-corrected chi connectivity index (χ3v) is 4.12. The molecule has 0 amide bonds. The van der Waals surface area contributed by atoms with Crippen LogP contribution in [-0.2, 0) is 12.8 Å². The lowest BCUT2D eigenvalue weighted by Gasteiger charge is -2.37. The van der Waals surface area contributed by atoms with E-state index in [0.29, 0.717) is 0 Å².